The predicted octanol–water partition coefficient (Wildman–Crippen LogP) is 3.09. The fourth-order valence-electron chi connectivity index (χ4n) is 2.67. The molecule has 1 saturated carbocycles. The lowest BCUT2D eigenvalue weighted by Crippen LogP contribution is -2.41. The Labute approximate surface area is 117 Å². The van der Waals surface area contributed by atoms with Crippen LogP contribution in [0, 0.1) is 11.8 Å². The van der Waals surface area contributed by atoms with Crippen LogP contribution in [-0.2, 0) is 10.0 Å². The van der Waals surface area contributed by atoms with Crippen LogP contribution in [0.1, 0.15) is 46.0 Å². The zero-order valence-corrected chi connectivity index (χ0v) is 13.3. The number of hydrogen-bond donors (Lipinski definition) is 0. The van der Waals surface area contributed by atoms with Gasteiger partial charge in [0, 0.05) is 19.0 Å². The van der Waals surface area contributed by atoms with Crippen molar-refractivity contribution in [2.75, 3.05) is 18.7 Å². The van der Waals surface area contributed by atoms with Crippen LogP contribution < -0.4 is 0 Å². The molecule has 0 saturated heterocycles. The van der Waals surface area contributed by atoms with Crippen molar-refractivity contribution in [3.05, 3.63) is 0 Å². The summed E-state index contributed by atoms with van der Waals surface area (Å²) >= 11 is 5.70. The standard InChI is InChI=1S/C13H26ClNO2S/c1-4-12-5-7-13(8-6-12)15(3)18(16,17)10-11(2)9-14/h11-13H,4-10H2,1-3H3. The van der Waals surface area contributed by atoms with Crippen molar-refractivity contribution in [2.45, 2.75) is 52.0 Å². The molecule has 1 atom stereocenters. The van der Waals surface area contributed by atoms with Gasteiger partial charge in [-0.2, -0.15) is 0 Å². The van der Waals surface area contributed by atoms with Gasteiger partial charge >= 0.3 is 0 Å². The van der Waals surface area contributed by atoms with E-state index in [9.17, 15) is 8.42 Å². The van der Waals surface area contributed by atoms with E-state index in [1.165, 1.54) is 6.42 Å². The smallest absolute Gasteiger partial charge is 0.212 e. The number of rotatable bonds is 6. The molecule has 0 spiro atoms. The molecule has 0 aromatic carbocycles. The Balaban J connectivity index is 2.56. The maximum atomic E-state index is 12.2. The first-order valence-corrected chi connectivity index (χ1v) is 9.06. The zero-order chi connectivity index (χ0) is 13.8. The van der Waals surface area contributed by atoms with E-state index in [-0.39, 0.29) is 17.7 Å². The number of nitrogens with zero attached hydrogens (tertiary/aromatic N) is 1. The van der Waals surface area contributed by atoms with Gasteiger partial charge < -0.3 is 0 Å². The third-order valence-electron chi connectivity index (χ3n) is 4.11. The Morgan fingerprint density at radius 1 is 1.28 bits per heavy atom. The van der Waals surface area contributed by atoms with Crippen LogP contribution in [0.3, 0.4) is 0 Å². The molecule has 1 fully saturated rings. The Morgan fingerprint density at radius 3 is 2.28 bits per heavy atom. The van der Waals surface area contributed by atoms with Gasteiger partial charge in [0.2, 0.25) is 10.0 Å². The second kappa shape index (κ2) is 7.11. The van der Waals surface area contributed by atoms with Gasteiger partial charge in [-0.15, -0.1) is 11.6 Å². The largest absolute Gasteiger partial charge is 0.214 e. The van der Waals surface area contributed by atoms with Gasteiger partial charge in [0.05, 0.1) is 5.75 Å². The molecule has 108 valence electrons. The van der Waals surface area contributed by atoms with Crippen LogP contribution in [0.4, 0.5) is 0 Å². The molecule has 0 N–H and O–H groups in total. The molecule has 0 bridgehead atoms. The molecule has 1 aliphatic carbocycles. The molecule has 0 amide bonds. The first-order valence-electron chi connectivity index (χ1n) is 6.92. The normalized spacial score (nSPS) is 27.4. The predicted molar refractivity (Wildman–Crippen MR) is 77.5 cm³/mol. The Hall–Kier alpha value is 0.200. The van der Waals surface area contributed by atoms with E-state index in [4.69, 9.17) is 11.6 Å². The third kappa shape index (κ3) is 4.39. The summed E-state index contributed by atoms with van der Waals surface area (Å²) in [5, 5.41) is 0. The third-order valence-corrected chi connectivity index (χ3v) is 6.80. The van der Waals surface area contributed by atoms with Gasteiger partial charge in [0.1, 0.15) is 0 Å². The molecule has 0 radical (unpaired) electrons. The number of sulfonamides is 1. The average molecular weight is 296 g/mol. The van der Waals surface area contributed by atoms with Crippen LogP contribution in [0.15, 0.2) is 0 Å². The summed E-state index contributed by atoms with van der Waals surface area (Å²) < 4.78 is 26.0. The molecule has 1 rings (SSSR count). The van der Waals surface area contributed by atoms with Crippen molar-refractivity contribution < 1.29 is 8.42 Å². The average Bonchev–Trinajstić information content (AvgIpc) is 2.37. The fraction of sp³-hybridized carbons (Fsp3) is 1.00. The summed E-state index contributed by atoms with van der Waals surface area (Å²) in [6, 6.07) is 0.195. The maximum Gasteiger partial charge on any atom is 0.214 e. The van der Waals surface area contributed by atoms with Gasteiger partial charge in [-0.25, -0.2) is 12.7 Å². The minimum Gasteiger partial charge on any atom is -0.212 e. The summed E-state index contributed by atoms with van der Waals surface area (Å²) in [4.78, 5) is 0. The van der Waals surface area contributed by atoms with Gasteiger partial charge in [0.25, 0.3) is 0 Å². The van der Waals surface area contributed by atoms with E-state index in [0.29, 0.717) is 5.88 Å². The van der Waals surface area contributed by atoms with Crippen molar-refractivity contribution in [1.29, 1.82) is 0 Å². The van der Waals surface area contributed by atoms with Crippen molar-refractivity contribution in [3.63, 3.8) is 0 Å². The van der Waals surface area contributed by atoms with Gasteiger partial charge in [-0.3, -0.25) is 0 Å². The second-order valence-electron chi connectivity index (χ2n) is 5.64. The van der Waals surface area contributed by atoms with E-state index in [1.54, 1.807) is 11.4 Å². The quantitative estimate of drug-likeness (QED) is 0.706. The Bertz CT molecular complexity index is 337. The molecule has 1 unspecified atom stereocenters. The Kier molecular flexibility index (Phi) is 6.42. The van der Waals surface area contributed by atoms with Crippen molar-refractivity contribution in [3.8, 4) is 0 Å². The van der Waals surface area contributed by atoms with Gasteiger partial charge in [0.15, 0.2) is 0 Å². The first-order chi connectivity index (χ1) is 8.40. The van der Waals surface area contributed by atoms with Crippen molar-refractivity contribution >= 4 is 21.6 Å². The lowest BCUT2D eigenvalue weighted by Gasteiger charge is -2.34. The fourth-order valence-corrected chi connectivity index (χ4v) is 4.64. The lowest BCUT2D eigenvalue weighted by molar-refractivity contribution is 0.232. The summed E-state index contributed by atoms with van der Waals surface area (Å²) in [7, 11) is -1.42. The molecular weight excluding hydrogens is 270 g/mol. The maximum absolute atomic E-state index is 12.2. The highest BCUT2D eigenvalue weighted by atomic mass is 35.5. The Morgan fingerprint density at radius 2 is 1.83 bits per heavy atom. The molecule has 1 aliphatic rings. The van der Waals surface area contributed by atoms with Crippen LogP contribution in [-0.4, -0.2) is 37.4 Å². The van der Waals surface area contributed by atoms with Crippen LogP contribution in [0.5, 0.6) is 0 Å². The van der Waals surface area contributed by atoms with Gasteiger partial charge in [-0.1, -0.05) is 20.3 Å². The first kappa shape index (κ1) is 16.3. The highest BCUT2D eigenvalue weighted by Crippen LogP contribution is 2.30. The van der Waals surface area contributed by atoms with Gasteiger partial charge in [-0.05, 0) is 37.5 Å². The summed E-state index contributed by atoms with van der Waals surface area (Å²) in [6.45, 7) is 4.10. The molecule has 5 heteroatoms. The van der Waals surface area contributed by atoms with E-state index in [2.05, 4.69) is 6.92 Å². The number of halogens is 1. The topological polar surface area (TPSA) is 37.4 Å². The van der Waals surface area contributed by atoms with Crippen molar-refractivity contribution in [1.82, 2.24) is 4.31 Å². The number of hydrogen-bond acceptors (Lipinski definition) is 2. The highest BCUT2D eigenvalue weighted by molar-refractivity contribution is 7.89. The summed E-state index contributed by atoms with van der Waals surface area (Å²) in [5.74, 6) is 1.38. The monoisotopic (exact) mass is 295 g/mol. The molecule has 0 aromatic rings. The van der Waals surface area contributed by atoms with Crippen LogP contribution >= 0.6 is 11.6 Å². The molecule has 0 heterocycles. The SMILES string of the molecule is CCC1CCC(N(C)S(=O)(=O)CC(C)CCl)CC1. The zero-order valence-electron chi connectivity index (χ0n) is 11.7. The molecule has 18 heavy (non-hydrogen) atoms. The molecular formula is C13H26ClNO2S. The molecule has 3 nitrogen and oxygen atoms in total. The van der Waals surface area contributed by atoms with E-state index >= 15 is 0 Å². The summed E-state index contributed by atoms with van der Waals surface area (Å²) in [5.41, 5.74) is 0. The van der Waals surface area contributed by atoms with Crippen LogP contribution in [0.2, 0.25) is 0 Å². The van der Waals surface area contributed by atoms with E-state index < -0.39 is 10.0 Å². The van der Waals surface area contributed by atoms with E-state index in [1.807, 2.05) is 6.92 Å². The highest BCUT2D eigenvalue weighted by Gasteiger charge is 2.30. The second-order valence-corrected chi connectivity index (χ2v) is 8.02. The lowest BCUT2D eigenvalue weighted by atomic mass is 9.85. The van der Waals surface area contributed by atoms with E-state index in [0.717, 1.165) is 31.6 Å². The minimum atomic E-state index is -3.15. The molecule has 0 aliphatic heterocycles. The number of alkyl halides is 1. The van der Waals surface area contributed by atoms with Crippen LogP contribution in [0.25, 0.3) is 0 Å². The molecule has 0 aromatic heterocycles. The van der Waals surface area contributed by atoms with Crippen molar-refractivity contribution in [2.24, 2.45) is 11.8 Å². The minimum absolute atomic E-state index is 0.0195. The summed E-state index contributed by atoms with van der Waals surface area (Å²) in [6.07, 6.45) is 5.54.